The van der Waals surface area contributed by atoms with E-state index in [2.05, 4.69) is 0 Å². The molecular weight excluding hydrogens is 416 g/mol. The first kappa shape index (κ1) is 32.2. The molecule has 186 valence electrons. The minimum Gasteiger partial charge on any atom is -0.394 e. The summed E-state index contributed by atoms with van der Waals surface area (Å²) in [4.78, 5) is 25.2. The van der Waals surface area contributed by atoms with Crippen molar-refractivity contribution in [1.29, 1.82) is 0 Å². The van der Waals surface area contributed by atoms with Crippen LogP contribution >= 0.6 is 0 Å². The highest BCUT2D eigenvalue weighted by molar-refractivity contribution is 6.16. The number of Topliss-reactive ketones (excluding diaryl/α,β-unsaturated/α-hetero) is 2. The summed E-state index contributed by atoms with van der Waals surface area (Å²) in [5.41, 5.74) is -7.84. The van der Waals surface area contributed by atoms with Gasteiger partial charge in [0.25, 0.3) is 0 Å². The van der Waals surface area contributed by atoms with Crippen molar-refractivity contribution in [2.45, 2.75) is 57.3 Å². The van der Waals surface area contributed by atoms with Gasteiger partial charge in [0.2, 0.25) is 17.2 Å². The second-order valence-corrected chi connectivity index (χ2v) is 6.78. The van der Waals surface area contributed by atoms with Gasteiger partial charge >= 0.3 is 0 Å². The molecule has 0 aromatic rings. The molecule has 2 unspecified atom stereocenters. The van der Waals surface area contributed by atoms with Gasteiger partial charge in [-0.05, 0) is 26.7 Å². The van der Waals surface area contributed by atoms with Crippen LogP contribution in [-0.2, 0) is 23.8 Å². The Balaban J connectivity index is 0. The van der Waals surface area contributed by atoms with Crippen LogP contribution in [0.2, 0.25) is 0 Å². The predicted octanol–water partition coefficient (Wildman–Crippen LogP) is -1.81. The molecule has 0 aromatic heterocycles. The number of aliphatic hydroxyl groups excluding tert-OH is 3. The van der Waals surface area contributed by atoms with Gasteiger partial charge in [-0.2, -0.15) is 0 Å². The molecule has 0 bridgehead atoms. The molecule has 0 aromatic carbocycles. The number of hydrogen-bond donors (Lipinski definition) is 6. The Hall–Kier alpha value is -1.02. The first-order valence-electron chi connectivity index (χ1n) is 10.4. The molecule has 0 fully saturated rings. The first-order chi connectivity index (χ1) is 14.5. The Bertz CT molecular complexity index is 456. The molecule has 11 heteroatoms. The maximum absolute atomic E-state index is 12.6. The smallest absolute Gasteiger partial charge is 0.211 e. The van der Waals surface area contributed by atoms with E-state index in [4.69, 9.17) is 19.3 Å². The molecule has 0 spiro atoms. The number of hydrogen-bond acceptors (Lipinski definition) is 11. The molecule has 0 aliphatic rings. The first-order valence-corrected chi connectivity index (χ1v) is 10.4. The second kappa shape index (κ2) is 16.6. The van der Waals surface area contributed by atoms with Gasteiger partial charge in [0.1, 0.15) is 11.2 Å². The number of carbonyl (C=O) groups excluding carboxylic acids is 2. The van der Waals surface area contributed by atoms with Gasteiger partial charge in [0, 0.05) is 13.2 Å². The maximum Gasteiger partial charge on any atom is 0.211 e. The number of rotatable bonds is 17. The van der Waals surface area contributed by atoms with Crippen LogP contribution in [0.15, 0.2) is 0 Å². The van der Waals surface area contributed by atoms with Crippen LogP contribution in [0, 0.1) is 0 Å². The molecule has 0 amide bonds. The summed E-state index contributed by atoms with van der Waals surface area (Å²) >= 11 is 0. The fourth-order valence-electron chi connectivity index (χ4n) is 2.40. The quantitative estimate of drug-likeness (QED) is 0.107. The molecule has 0 heterocycles. The van der Waals surface area contributed by atoms with Crippen molar-refractivity contribution < 1.29 is 54.4 Å². The van der Waals surface area contributed by atoms with Crippen LogP contribution in [0.4, 0.5) is 0 Å². The highest BCUT2D eigenvalue weighted by Gasteiger charge is 2.57. The van der Waals surface area contributed by atoms with Gasteiger partial charge in [0.15, 0.2) is 0 Å². The summed E-state index contributed by atoms with van der Waals surface area (Å²) < 4.78 is 14.8. The molecule has 11 nitrogen and oxygen atoms in total. The molecule has 0 saturated heterocycles. The van der Waals surface area contributed by atoms with Crippen molar-refractivity contribution in [3.05, 3.63) is 0 Å². The SMILES string of the molecule is CCC(O)(CO)C(=O)C(O)(COCCOCCO)C(=O)C(O)(CC)CO.CCOCC. The number of ether oxygens (including phenoxy) is 3. The summed E-state index contributed by atoms with van der Waals surface area (Å²) in [7, 11) is 0. The highest BCUT2D eigenvalue weighted by Crippen LogP contribution is 2.27. The summed E-state index contributed by atoms with van der Waals surface area (Å²) in [6.07, 6.45) is -0.609. The predicted molar refractivity (Wildman–Crippen MR) is 111 cm³/mol. The van der Waals surface area contributed by atoms with Gasteiger partial charge in [-0.3, -0.25) is 9.59 Å². The average Bonchev–Trinajstić information content (AvgIpc) is 2.79. The average molecular weight is 457 g/mol. The number of aliphatic hydroxyl groups is 6. The number of ketones is 2. The highest BCUT2D eigenvalue weighted by atomic mass is 16.5. The van der Waals surface area contributed by atoms with E-state index in [0.717, 1.165) is 13.2 Å². The van der Waals surface area contributed by atoms with Crippen molar-refractivity contribution in [2.24, 2.45) is 0 Å². The van der Waals surface area contributed by atoms with E-state index in [9.17, 15) is 35.1 Å². The van der Waals surface area contributed by atoms with Gasteiger partial charge in [-0.25, -0.2) is 0 Å². The van der Waals surface area contributed by atoms with Crippen LogP contribution in [0.5, 0.6) is 0 Å². The van der Waals surface area contributed by atoms with E-state index in [-0.39, 0.29) is 39.3 Å². The van der Waals surface area contributed by atoms with Crippen molar-refractivity contribution >= 4 is 11.6 Å². The lowest BCUT2D eigenvalue weighted by molar-refractivity contribution is -0.185. The summed E-state index contributed by atoms with van der Waals surface area (Å²) in [6, 6.07) is 0. The van der Waals surface area contributed by atoms with Crippen molar-refractivity contribution in [2.75, 3.05) is 59.5 Å². The Morgan fingerprint density at radius 3 is 1.39 bits per heavy atom. The van der Waals surface area contributed by atoms with Crippen molar-refractivity contribution in [3.63, 3.8) is 0 Å². The van der Waals surface area contributed by atoms with Crippen LogP contribution in [0.3, 0.4) is 0 Å². The van der Waals surface area contributed by atoms with E-state index in [1.807, 2.05) is 13.8 Å². The second-order valence-electron chi connectivity index (χ2n) is 6.78. The van der Waals surface area contributed by atoms with E-state index in [1.165, 1.54) is 13.8 Å². The summed E-state index contributed by atoms with van der Waals surface area (Å²) in [5.74, 6) is -2.87. The number of carbonyl (C=O) groups is 2. The van der Waals surface area contributed by atoms with Gasteiger partial charge < -0.3 is 44.8 Å². The molecule has 0 aliphatic carbocycles. The van der Waals surface area contributed by atoms with Crippen molar-refractivity contribution in [3.8, 4) is 0 Å². The molecule has 2 atom stereocenters. The Kier molecular flexibility index (Phi) is 17.2. The standard InChI is InChI=1S/C16H30O10.C4H10O/c1-3-14(22,9-18)12(20)16(24,11-26-8-7-25-6-5-17)13(21)15(23,4-2)10-19;1-3-5-4-2/h17-19,22-24H,3-11H2,1-2H3;3-4H2,1-2H3. The van der Waals surface area contributed by atoms with E-state index >= 15 is 0 Å². The molecule has 0 radical (unpaired) electrons. The van der Waals surface area contributed by atoms with Crippen molar-refractivity contribution in [1.82, 2.24) is 0 Å². The molecule has 31 heavy (non-hydrogen) atoms. The zero-order chi connectivity index (χ0) is 24.6. The van der Waals surface area contributed by atoms with Gasteiger partial charge in [0.05, 0.1) is 46.2 Å². The Morgan fingerprint density at radius 2 is 1.10 bits per heavy atom. The lowest BCUT2D eigenvalue weighted by atomic mass is 9.76. The molecule has 0 saturated carbocycles. The maximum atomic E-state index is 12.6. The third-order valence-corrected chi connectivity index (χ3v) is 4.62. The minimum absolute atomic E-state index is 0.00485. The minimum atomic E-state index is -2.99. The molecule has 6 N–H and O–H groups in total. The van der Waals surface area contributed by atoms with Crippen LogP contribution < -0.4 is 0 Å². The topological polar surface area (TPSA) is 183 Å². The lowest BCUT2D eigenvalue weighted by Gasteiger charge is -2.37. The Morgan fingerprint density at radius 1 is 0.677 bits per heavy atom. The zero-order valence-corrected chi connectivity index (χ0v) is 19.0. The molecule has 0 aliphatic heterocycles. The fourth-order valence-corrected chi connectivity index (χ4v) is 2.40. The third kappa shape index (κ3) is 9.98. The lowest BCUT2D eigenvalue weighted by Crippen LogP contribution is -2.66. The van der Waals surface area contributed by atoms with Crippen LogP contribution in [-0.4, -0.2) is 118 Å². The van der Waals surface area contributed by atoms with E-state index < -0.39 is 48.2 Å². The summed E-state index contributed by atoms with van der Waals surface area (Å²) in [5, 5.41) is 58.3. The van der Waals surface area contributed by atoms with Gasteiger partial charge in [-0.1, -0.05) is 13.8 Å². The van der Waals surface area contributed by atoms with Gasteiger partial charge in [-0.15, -0.1) is 0 Å². The molecular formula is C20H40O11. The van der Waals surface area contributed by atoms with Crippen LogP contribution in [0.25, 0.3) is 0 Å². The Labute approximate surface area is 183 Å². The zero-order valence-electron chi connectivity index (χ0n) is 19.0. The largest absolute Gasteiger partial charge is 0.394 e. The fraction of sp³-hybridized carbons (Fsp3) is 0.900. The van der Waals surface area contributed by atoms with Crippen LogP contribution in [0.1, 0.15) is 40.5 Å². The van der Waals surface area contributed by atoms with E-state index in [1.54, 1.807) is 0 Å². The molecule has 0 rings (SSSR count). The third-order valence-electron chi connectivity index (χ3n) is 4.62. The monoisotopic (exact) mass is 456 g/mol. The normalized spacial score (nSPS) is 17.0. The summed E-state index contributed by atoms with van der Waals surface area (Å²) in [6.45, 7) is 5.04. The van der Waals surface area contributed by atoms with E-state index in [0.29, 0.717) is 0 Å².